The van der Waals surface area contributed by atoms with Crippen molar-refractivity contribution in [2.45, 2.75) is 20.0 Å². The van der Waals surface area contributed by atoms with Crippen LogP contribution in [-0.2, 0) is 13.1 Å². The van der Waals surface area contributed by atoms with Crippen molar-refractivity contribution in [2.24, 2.45) is 4.99 Å². The first kappa shape index (κ1) is 20.0. The van der Waals surface area contributed by atoms with Gasteiger partial charge in [-0.2, -0.15) is 0 Å². The number of nitrogens with one attached hydrogen (secondary N) is 2. The van der Waals surface area contributed by atoms with Gasteiger partial charge in [-0.1, -0.05) is 35.3 Å². The summed E-state index contributed by atoms with van der Waals surface area (Å²) in [6.07, 6.45) is 1.79. The van der Waals surface area contributed by atoms with Gasteiger partial charge in [-0.05, 0) is 36.2 Å². The first-order chi connectivity index (χ1) is 10.6. The van der Waals surface area contributed by atoms with Gasteiger partial charge in [0.1, 0.15) is 0 Å². The molecule has 1 aromatic carbocycles. The van der Waals surface area contributed by atoms with Crippen LogP contribution in [0.5, 0.6) is 0 Å². The molecule has 0 fully saturated rings. The van der Waals surface area contributed by atoms with Gasteiger partial charge >= 0.3 is 0 Å². The second-order valence-corrected chi connectivity index (χ2v) is 5.63. The second-order valence-electron chi connectivity index (χ2n) is 4.78. The molecular formula is C16H19Cl2IN4. The van der Waals surface area contributed by atoms with Crippen LogP contribution in [0, 0.1) is 6.92 Å². The number of aryl methyl sites for hydroxylation is 1. The Kier molecular flexibility index (Phi) is 8.65. The van der Waals surface area contributed by atoms with Crippen LogP contribution in [0.2, 0.25) is 10.0 Å². The lowest BCUT2D eigenvalue weighted by Gasteiger charge is -2.13. The Hall–Kier alpha value is -1.05. The van der Waals surface area contributed by atoms with Crippen LogP contribution in [0.1, 0.15) is 16.8 Å². The van der Waals surface area contributed by atoms with Crippen LogP contribution in [0.25, 0.3) is 0 Å². The van der Waals surface area contributed by atoms with Crippen LogP contribution in [0.3, 0.4) is 0 Å². The van der Waals surface area contributed by atoms with Crippen molar-refractivity contribution >= 4 is 53.1 Å². The third-order valence-corrected chi connectivity index (χ3v) is 3.81. The Bertz CT molecular complexity index is 677. The lowest BCUT2D eigenvalue weighted by Crippen LogP contribution is -2.36. The zero-order valence-electron chi connectivity index (χ0n) is 12.9. The van der Waals surface area contributed by atoms with E-state index in [2.05, 4.69) is 20.6 Å². The molecule has 2 aromatic rings. The fourth-order valence-electron chi connectivity index (χ4n) is 1.94. The summed E-state index contributed by atoms with van der Waals surface area (Å²) in [7, 11) is 1.73. The Morgan fingerprint density at radius 1 is 1.17 bits per heavy atom. The summed E-state index contributed by atoms with van der Waals surface area (Å²) in [5.74, 6) is 0.691. The van der Waals surface area contributed by atoms with E-state index in [0.29, 0.717) is 29.1 Å². The van der Waals surface area contributed by atoms with Crippen LogP contribution >= 0.6 is 47.2 Å². The summed E-state index contributed by atoms with van der Waals surface area (Å²) in [5, 5.41) is 7.72. The summed E-state index contributed by atoms with van der Waals surface area (Å²) < 4.78 is 0. The highest BCUT2D eigenvalue weighted by atomic mass is 127. The number of aliphatic imine (C=N–C) groups is 1. The van der Waals surface area contributed by atoms with Crippen LogP contribution in [0.4, 0.5) is 0 Å². The van der Waals surface area contributed by atoms with E-state index < -0.39 is 0 Å². The standard InChI is InChI=1S/C16H18Cl2N4.HI/c1-11-4-3-7-20-15(11)10-22-16(19-2)21-9-12-5-6-13(17)8-14(12)18;/h3-8H,9-10H2,1-2H3,(H2,19,21,22);1H. The molecule has 0 aliphatic rings. The van der Waals surface area contributed by atoms with Gasteiger partial charge in [0.25, 0.3) is 0 Å². The van der Waals surface area contributed by atoms with E-state index in [1.165, 1.54) is 0 Å². The van der Waals surface area contributed by atoms with Crippen molar-refractivity contribution < 1.29 is 0 Å². The Morgan fingerprint density at radius 3 is 2.57 bits per heavy atom. The number of hydrogen-bond donors (Lipinski definition) is 2. The number of rotatable bonds is 4. The zero-order valence-corrected chi connectivity index (χ0v) is 16.8. The predicted octanol–water partition coefficient (Wildman–Crippen LogP) is 4.18. The van der Waals surface area contributed by atoms with Gasteiger partial charge in [0.2, 0.25) is 0 Å². The number of halogens is 3. The third-order valence-electron chi connectivity index (χ3n) is 3.23. The molecule has 0 spiro atoms. The first-order valence-electron chi connectivity index (χ1n) is 6.89. The van der Waals surface area contributed by atoms with Gasteiger partial charge in [0.15, 0.2) is 5.96 Å². The number of hydrogen-bond acceptors (Lipinski definition) is 2. The molecule has 0 aliphatic heterocycles. The summed E-state index contributed by atoms with van der Waals surface area (Å²) in [6.45, 7) is 3.21. The second kappa shape index (κ2) is 9.95. The Morgan fingerprint density at radius 2 is 1.91 bits per heavy atom. The van der Waals surface area contributed by atoms with E-state index in [1.54, 1.807) is 19.3 Å². The van der Waals surface area contributed by atoms with E-state index >= 15 is 0 Å². The lowest BCUT2D eigenvalue weighted by molar-refractivity contribution is 0.790. The fourth-order valence-corrected chi connectivity index (χ4v) is 2.41. The zero-order chi connectivity index (χ0) is 15.9. The third kappa shape index (κ3) is 6.16. The van der Waals surface area contributed by atoms with Crippen molar-refractivity contribution in [1.29, 1.82) is 0 Å². The van der Waals surface area contributed by atoms with Crippen molar-refractivity contribution in [3.63, 3.8) is 0 Å². The molecule has 2 rings (SSSR count). The summed E-state index contributed by atoms with van der Waals surface area (Å²) in [5.41, 5.74) is 3.10. The van der Waals surface area contributed by atoms with Crippen molar-refractivity contribution in [1.82, 2.24) is 15.6 Å². The van der Waals surface area contributed by atoms with Gasteiger partial charge in [-0.3, -0.25) is 9.98 Å². The molecule has 0 saturated carbocycles. The molecule has 0 aliphatic carbocycles. The minimum absolute atomic E-state index is 0. The van der Waals surface area contributed by atoms with Crippen molar-refractivity contribution in [3.8, 4) is 0 Å². The number of guanidine groups is 1. The van der Waals surface area contributed by atoms with Gasteiger partial charge in [-0.25, -0.2) is 0 Å². The van der Waals surface area contributed by atoms with E-state index in [-0.39, 0.29) is 24.0 Å². The molecule has 23 heavy (non-hydrogen) atoms. The smallest absolute Gasteiger partial charge is 0.191 e. The first-order valence-corrected chi connectivity index (χ1v) is 7.64. The van der Waals surface area contributed by atoms with Gasteiger partial charge in [0, 0.05) is 29.8 Å². The topological polar surface area (TPSA) is 49.3 Å². The molecule has 0 amide bonds. The highest BCUT2D eigenvalue weighted by molar-refractivity contribution is 14.0. The van der Waals surface area contributed by atoms with E-state index in [4.69, 9.17) is 23.2 Å². The Labute approximate surface area is 163 Å². The van der Waals surface area contributed by atoms with E-state index in [1.807, 2.05) is 31.2 Å². The van der Waals surface area contributed by atoms with Gasteiger partial charge < -0.3 is 10.6 Å². The van der Waals surface area contributed by atoms with E-state index in [9.17, 15) is 0 Å². The fraction of sp³-hybridized carbons (Fsp3) is 0.250. The SMILES string of the molecule is CN=C(NCc1ccc(Cl)cc1Cl)NCc1ncccc1C.I. The quantitative estimate of drug-likeness (QED) is 0.405. The number of nitrogens with zero attached hydrogens (tertiary/aromatic N) is 2. The number of aromatic nitrogens is 1. The van der Waals surface area contributed by atoms with Crippen molar-refractivity contribution in [2.75, 3.05) is 7.05 Å². The van der Waals surface area contributed by atoms with E-state index in [0.717, 1.165) is 16.8 Å². The largest absolute Gasteiger partial charge is 0.352 e. The average molecular weight is 465 g/mol. The maximum absolute atomic E-state index is 6.16. The molecule has 0 bridgehead atoms. The lowest BCUT2D eigenvalue weighted by atomic mass is 10.2. The maximum Gasteiger partial charge on any atom is 0.191 e. The molecule has 0 saturated heterocycles. The van der Waals surface area contributed by atoms with Crippen LogP contribution in [0.15, 0.2) is 41.5 Å². The monoisotopic (exact) mass is 464 g/mol. The summed E-state index contributed by atoms with van der Waals surface area (Å²) >= 11 is 12.0. The maximum atomic E-state index is 6.16. The number of pyridine rings is 1. The minimum atomic E-state index is 0. The van der Waals surface area contributed by atoms with Crippen LogP contribution in [-0.4, -0.2) is 18.0 Å². The van der Waals surface area contributed by atoms with Gasteiger partial charge in [0.05, 0.1) is 12.2 Å². The average Bonchev–Trinajstić information content (AvgIpc) is 2.50. The van der Waals surface area contributed by atoms with Crippen molar-refractivity contribution in [3.05, 3.63) is 63.4 Å². The predicted molar refractivity (Wildman–Crippen MR) is 108 cm³/mol. The molecule has 2 N–H and O–H groups in total. The molecule has 1 heterocycles. The number of benzene rings is 1. The van der Waals surface area contributed by atoms with Crippen LogP contribution < -0.4 is 10.6 Å². The normalized spacial score (nSPS) is 10.9. The molecule has 0 radical (unpaired) electrons. The van der Waals surface area contributed by atoms with Gasteiger partial charge in [-0.15, -0.1) is 24.0 Å². The molecule has 0 atom stereocenters. The summed E-state index contributed by atoms with van der Waals surface area (Å²) in [4.78, 5) is 8.54. The molecular weight excluding hydrogens is 446 g/mol. The molecule has 4 nitrogen and oxygen atoms in total. The highest BCUT2D eigenvalue weighted by Crippen LogP contribution is 2.20. The minimum Gasteiger partial charge on any atom is -0.352 e. The highest BCUT2D eigenvalue weighted by Gasteiger charge is 2.04. The molecule has 1 aromatic heterocycles. The molecule has 0 unspecified atom stereocenters. The molecule has 7 heteroatoms. The molecule has 124 valence electrons. The summed E-state index contributed by atoms with van der Waals surface area (Å²) in [6, 6.07) is 9.40. The Balaban J connectivity index is 0.00000264.